The Labute approximate surface area is 116 Å². The van der Waals surface area contributed by atoms with Crippen LogP contribution >= 0.6 is 0 Å². The third-order valence-corrected chi connectivity index (χ3v) is 3.85. The zero-order chi connectivity index (χ0) is 14.4. The largest absolute Gasteiger partial charge is 0.345 e. The van der Waals surface area contributed by atoms with Gasteiger partial charge in [-0.25, -0.2) is 0 Å². The molecule has 1 heterocycles. The van der Waals surface area contributed by atoms with Crippen molar-refractivity contribution in [3.05, 3.63) is 0 Å². The summed E-state index contributed by atoms with van der Waals surface area (Å²) in [5.74, 6) is 0.207. The van der Waals surface area contributed by atoms with Crippen molar-refractivity contribution in [2.45, 2.75) is 71.9 Å². The maximum atomic E-state index is 12.1. The van der Waals surface area contributed by atoms with Gasteiger partial charge in [-0.3, -0.25) is 9.59 Å². The van der Waals surface area contributed by atoms with Crippen LogP contribution < -0.4 is 5.32 Å². The number of carbonyl (C=O) groups excluding carboxylic acids is 2. The first-order chi connectivity index (χ1) is 8.99. The molecule has 110 valence electrons. The van der Waals surface area contributed by atoms with Crippen LogP contribution in [0.1, 0.15) is 59.8 Å². The first kappa shape index (κ1) is 16.0. The molecule has 0 aromatic rings. The minimum Gasteiger partial charge on any atom is -0.345 e. The topological polar surface area (TPSA) is 49.4 Å². The van der Waals surface area contributed by atoms with E-state index in [4.69, 9.17) is 0 Å². The molecule has 1 saturated heterocycles. The SMILES string of the molecule is CCCCCCC(C)N1C(=O)CNC(=O)C1C(C)C. The second-order valence-corrected chi connectivity index (χ2v) is 5.91. The average Bonchev–Trinajstić information content (AvgIpc) is 2.36. The molecule has 0 saturated carbocycles. The van der Waals surface area contributed by atoms with Gasteiger partial charge < -0.3 is 10.2 Å². The monoisotopic (exact) mass is 268 g/mol. The van der Waals surface area contributed by atoms with Crippen molar-refractivity contribution < 1.29 is 9.59 Å². The lowest BCUT2D eigenvalue weighted by Crippen LogP contribution is -2.62. The number of nitrogens with zero attached hydrogens (tertiary/aromatic N) is 1. The maximum Gasteiger partial charge on any atom is 0.243 e. The van der Waals surface area contributed by atoms with Crippen LogP contribution in [-0.2, 0) is 9.59 Å². The molecule has 0 aromatic heterocycles. The molecule has 0 radical (unpaired) electrons. The predicted molar refractivity (Wildman–Crippen MR) is 76.7 cm³/mol. The number of hydrogen-bond acceptors (Lipinski definition) is 2. The van der Waals surface area contributed by atoms with Gasteiger partial charge in [0.05, 0.1) is 6.54 Å². The van der Waals surface area contributed by atoms with E-state index < -0.39 is 0 Å². The van der Waals surface area contributed by atoms with Gasteiger partial charge in [-0.05, 0) is 19.3 Å². The van der Waals surface area contributed by atoms with Crippen LogP contribution in [0, 0.1) is 5.92 Å². The van der Waals surface area contributed by atoms with E-state index >= 15 is 0 Å². The molecule has 2 unspecified atom stereocenters. The van der Waals surface area contributed by atoms with Gasteiger partial charge in [0.15, 0.2) is 0 Å². The quantitative estimate of drug-likeness (QED) is 0.720. The zero-order valence-electron chi connectivity index (χ0n) is 12.7. The number of nitrogens with one attached hydrogen (secondary N) is 1. The lowest BCUT2D eigenvalue weighted by Gasteiger charge is -2.41. The summed E-state index contributed by atoms with van der Waals surface area (Å²) >= 11 is 0. The van der Waals surface area contributed by atoms with Crippen LogP contribution in [0.15, 0.2) is 0 Å². The Morgan fingerprint density at radius 1 is 1.21 bits per heavy atom. The Hall–Kier alpha value is -1.06. The van der Waals surface area contributed by atoms with Crippen LogP contribution in [-0.4, -0.2) is 35.3 Å². The molecular weight excluding hydrogens is 240 g/mol. The summed E-state index contributed by atoms with van der Waals surface area (Å²) in [6, 6.07) is -0.148. The molecule has 2 amide bonds. The van der Waals surface area contributed by atoms with E-state index in [1.165, 1.54) is 19.3 Å². The highest BCUT2D eigenvalue weighted by molar-refractivity contribution is 5.95. The number of rotatable bonds is 7. The molecule has 2 atom stereocenters. The molecule has 1 aliphatic rings. The van der Waals surface area contributed by atoms with Gasteiger partial charge in [0, 0.05) is 6.04 Å². The number of carbonyl (C=O) groups is 2. The van der Waals surface area contributed by atoms with E-state index in [0.29, 0.717) is 0 Å². The summed E-state index contributed by atoms with van der Waals surface area (Å²) < 4.78 is 0. The molecule has 0 spiro atoms. The molecule has 1 aliphatic heterocycles. The Bertz CT molecular complexity index is 315. The van der Waals surface area contributed by atoms with Crippen molar-refractivity contribution in [3.63, 3.8) is 0 Å². The minimum atomic E-state index is -0.303. The first-order valence-corrected chi connectivity index (χ1v) is 7.57. The van der Waals surface area contributed by atoms with E-state index in [1.54, 1.807) is 0 Å². The molecule has 4 nitrogen and oxygen atoms in total. The lowest BCUT2D eigenvalue weighted by molar-refractivity contribution is -0.150. The number of piperazine rings is 1. The van der Waals surface area contributed by atoms with Gasteiger partial charge >= 0.3 is 0 Å². The van der Waals surface area contributed by atoms with Crippen molar-refractivity contribution in [1.29, 1.82) is 0 Å². The van der Waals surface area contributed by atoms with Crippen molar-refractivity contribution in [2.24, 2.45) is 5.92 Å². The highest BCUT2D eigenvalue weighted by atomic mass is 16.2. The number of hydrogen-bond donors (Lipinski definition) is 1. The summed E-state index contributed by atoms with van der Waals surface area (Å²) in [6.07, 6.45) is 5.79. The third kappa shape index (κ3) is 4.22. The van der Waals surface area contributed by atoms with E-state index in [0.717, 1.165) is 12.8 Å². The molecule has 19 heavy (non-hydrogen) atoms. The zero-order valence-corrected chi connectivity index (χ0v) is 12.7. The number of amides is 2. The van der Waals surface area contributed by atoms with Crippen molar-refractivity contribution in [2.75, 3.05) is 6.54 Å². The molecule has 0 aromatic carbocycles. The summed E-state index contributed by atoms with van der Waals surface area (Å²) in [6.45, 7) is 8.41. The van der Waals surface area contributed by atoms with E-state index in [1.807, 2.05) is 18.7 Å². The standard InChI is InChI=1S/C15H28N2O2/c1-5-6-7-8-9-12(4)17-13(18)10-16-15(19)14(17)11(2)3/h11-12,14H,5-10H2,1-4H3,(H,16,19). The molecule has 0 bridgehead atoms. The van der Waals surface area contributed by atoms with E-state index in [2.05, 4.69) is 19.2 Å². The summed E-state index contributed by atoms with van der Waals surface area (Å²) in [7, 11) is 0. The molecular formula is C15H28N2O2. The van der Waals surface area contributed by atoms with Gasteiger partial charge in [0.2, 0.25) is 11.8 Å². The summed E-state index contributed by atoms with van der Waals surface area (Å²) in [5, 5.41) is 2.69. The molecule has 1 fully saturated rings. The third-order valence-electron chi connectivity index (χ3n) is 3.85. The predicted octanol–water partition coefficient (Wildman–Crippen LogP) is 2.33. The Morgan fingerprint density at radius 3 is 2.47 bits per heavy atom. The molecule has 0 aliphatic carbocycles. The Kier molecular flexibility index (Phi) is 6.32. The minimum absolute atomic E-state index is 0.00462. The fourth-order valence-corrected chi connectivity index (χ4v) is 2.79. The van der Waals surface area contributed by atoms with Crippen molar-refractivity contribution in [3.8, 4) is 0 Å². The van der Waals surface area contributed by atoms with E-state index in [9.17, 15) is 9.59 Å². The highest BCUT2D eigenvalue weighted by Crippen LogP contribution is 2.21. The van der Waals surface area contributed by atoms with Crippen LogP contribution in [0.4, 0.5) is 0 Å². The van der Waals surface area contributed by atoms with Gasteiger partial charge in [0.25, 0.3) is 0 Å². The normalized spacial score (nSPS) is 21.7. The van der Waals surface area contributed by atoms with Gasteiger partial charge in [-0.2, -0.15) is 0 Å². The fraction of sp³-hybridized carbons (Fsp3) is 0.867. The van der Waals surface area contributed by atoms with Crippen LogP contribution in [0.25, 0.3) is 0 Å². The Morgan fingerprint density at radius 2 is 1.89 bits per heavy atom. The van der Waals surface area contributed by atoms with Crippen LogP contribution in [0.2, 0.25) is 0 Å². The molecule has 1 rings (SSSR count). The fourth-order valence-electron chi connectivity index (χ4n) is 2.79. The first-order valence-electron chi connectivity index (χ1n) is 7.57. The summed E-state index contributed by atoms with van der Waals surface area (Å²) in [5.41, 5.74) is 0. The second kappa shape index (κ2) is 7.51. The lowest BCUT2D eigenvalue weighted by atomic mass is 9.96. The second-order valence-electron chi connectivity index (χ2n) is 5.91. The van der Waals surface area contributed by atoms with Crippen LogP contribution in [0.5, 0.6) is 0 Å². The smallest absolute Gasteiger partial charge is 0.243 e. The number of unbranched alkanes of at least 4 members (excludes halogenated alkanes) is 3. The highest BCUT2D eigenvalue weighted by Gasteiger charge is 2.38. The van der Waals surface area contributed by atoms with Gasteiger partial charge in [-0.1, -0.05) is 46.5 Å². The van der Waals surface area contributed by atoms with Gasteiger partial charge in [0.1, 0.15) is 6.04 Å². The maximum absolute atomic E-state index is 12.1. The van der Waals surface area contributed by atoms with Crippen molar-refractivity contribution in [1.82, 2.24) is 10.2 Å². The molecule has 1 N–H and O–H groups in total. The van der Waals surface area contributed by atoms with E-state index in [-0.39, 0.29) is 36.4 Å². The van der Waals surface area contributed by atoms with Crippen LogP contribution in [0.3, 0.4) is 0 Å². The molecule has 4 heteroatoms. The average molecular weight is 268 g/mol. The van der Waals surface area contributed by atoms with Gasteiger partial charge in [-0.15, -0.1) is 0 Å². The summed E-state index contributed by atoms with van der Waals surface area (Å²) in [4.78, 5) is 25.9. The Balaban J connectivity index is 2.63. The van der Waals surface area contributed by atoms with Crippen molar-refractivity contribution >= 4 is 11.8 Å².